The molecule has 1 N–H and O–H groups in total. The number of esters is 1. The van der Waals surface area contributed by atoms with Crippen molar-refractivity contribution in [2.75, 3.05) is 11.1 Å². The lowest BCUT2D eigenvalue weighted by molar-refractivity contribution is -0.141. The lowest BCUT2D eigenvalue weighted by atomic mass is 10.1. The molecule has 150 valence electrons. The van der Waals surface area contributed by atoms with E-state index in [4.69, 9.17) is 9.26 Å². The highest BCUT2D eigenvalue weighted by atomic mass is 32.2. The average molecular weight is 410 g/mol. The van der Waals surface area contributed by atoms with E-state index in [9.17, 15) is 9.59 Å². The summed E-state index contributed by atoms with van der Waals surface area (Å²) in [5.41, 5.74) is 3.97. The number of nitrogens with one attached hydrogen (secondary N) is 1. The van der Waals surface area contributed by atoms with Crippen LogP contribution in [0.15, 0.2) is 59.1 Å². The first-order valence-corrected chi connectivity index (χ1v) is 10.3. The van der Waals surface area contributed by atoms with Gasteiger partial charge in [0.2, 0.25) is 0 Å². The first-order chi connectivity index (χ1) is 14.0. The lowest BCUT2D eigenvalue weighted by Crippen LogP contribution is -2.12. The van der Waals surface area contributed by atoms with Gasteiger partial charge in [-0.2, -0.15) is 0 Å². The van der Waals surface area contributed by atoms with Crippen LogP contribution < -0.4 is 5.32 Å². The van der Waals surface area contributed by atoms with Crippen molar-refractivity contribution in [1.82, 2.24) is 5.16 Å². The number of anilines is 1. The number of amides is 1. The zero-order chi connectivity index (χ0) is 20.6. The van der Waals surface area contributed by atoms with Gasteiger partial charge in [0.25, 0.3) is 5.91 Å². The molecule has 0 atom stereocenters. The number of ether oxygens (including phenoxy) is 1. The fraction of sp³-hybridized carbons (Fsp3) is 0.227. The van der Waals surface area contributed by atoms with E-state index in [0.717, 1.165) is 28.3 Å². The van der Waals surface area contributed by atoms with Gasteiger partial charge in [-0.1, -0.05) is 35.5 Å². The number of aryl methyl sites for hydroxylation is 2. The quantitative estimate of drug-likeness (QED) is 0.550. The van der Waals surface area contributed by atoms with Gasteiger partial charge in [-0.05, 0) is 43.7 Å². The van der Waals surface area contributed by atoms with Gasteiger partial charge in [0.15, 0.2) is 0 Å². The van der Waals surface area contributed by atoms with Crippen LogP contribution in [0.2, 0.25) is 0 Å². The standard InChI is InChI=1S/C22H22N2O4S/c1-15-20(16(2)28-24-15)13-29-14-21(25)27-12-17-8-10-18(11-9-17)22(26)23-19-6-4-3-5-7-19/h3-11H,12-14H2,1-2H3,(H,23,26). The summed E-state index contributed by atoms with van der Waals surface area (Å²) in [5.74, 6) is 1.21. The van der Waals surface area contributed by atoms with Crippen molar-refractivity contribution in [3.63, 3.8) is 0 Å². The van der Waals surface area contributed by atoms with Gasteiger partial charge in [-0.3, -0.25) is 9.59 Å². The Hall–Kier alpha value is -3.06. The Bertz CT molecular complexity index is 949. The molecule has 0 aliphatic heterocycles. The summed E-state index contributed by atoms with van der Waals surface area (Å²) >= 11 is 1.46. The Morgan fingerprint density at radius 3 is 2.45 bits per heavy atom. The molecule has 7 heteroatoms. The topological polar surface area (TPSA) is 81.4 Å². The molecule has 2 aromatic carbocycles. The summed E-state index contributed by atoms with van der Waals surface area (Å²) in [7, 11) is 0. The number of hydrogen-bond donors (Lipinski definition) is 1. The molecule has 0 aliphatic rings. The van der Waals surface area contributed by atoms with Crippen molar-refractivity contribution < 1.29 is 18.8 Å². The molecule has 0 radical (unpaired) electrons. The number of para-hydroxylation sites is 1. The molecule has 1 amide bonds. The highest BCUT2D eigenvalue weighted by Gasteiger charge is 2.11. The second-order valence-electron chi connectivity index (χ2n) is 6.47. The first kappa shape index (κ1) is 20.7. The summed E-state index contributed by atoms with van der Waals surface area (Å²) in [4.78, 5) is 24.2. The van der Waals surface area contributed by atoms with Gasteiger partial charge in [0.05, 0.1) is 11.4 Å². The maximum absolute atomic E-state index is 12.2. The fourth-order valence-corrected chi connectivity index (χ4v) is 3.60. The Kier molecular flexibility index (Phi) is 7.08. The predicted molar refractivity (Wildman–Crippen MR) is 113 cm³/mol. The van der Waals surface area contributed by atoms with Crippen LogP contribution >= 0.6 is 11.8 Å². The molecule has 3 rings (SSSR count). The van der Waals surface area contributed by atoms with Crippen molar-refractivity contribution >= 4 is 29.3 Å². The van der Waals surface area contributed by atoms with Gasteiger partial charge in [-0.25, -0.2) is 0 Å². The average Bonchev–Trinajstić information content (AvgIpc) is 3.05. The number of carbonyl (C=O) groups is 2. The molecule has 6 nitrogen and oxygen atoms in total. The molecule has 0 fully saturated rings. The van der Waals surface area contributed by atoms with Gasteiger partial charge in [-0.15, -0.1) is 11.8 Å². The van der Waals surface area contributed by atoms with E-state index in [1.165, 1.54) is 11.8 Å². The summed E-state index contributed by atoms with van der Waals surface area (Å²) in [6.07, 6.45) is 0. The second kappa shape index (κ2) is 9.93. The molecule has 3 aromatic rings. The van der Waals surface area contributed by atoms with Crippen LogP contribution in [0, 0.1) is 13.8 Å². The summed E-state index contributed by atoms with van der Waals surface area (Å²) in [5, 5.41) is 6.73. The van der Waals surface area contributed by atoms with Crippen molar-refractivity contribution in [3.8, 4) is 0 Å². The van der Waals surface area contributed by atoms with Gasteiger partial charge in [0, 0.05) is 22.6 Å². The highest BCUT2D eigenvalue weighted by molar-refractivity contribution is 7.99. The van der Waals surface area contributed by atoms with Crippen LogP contribution in [0.25, 0.3) is 0 Å². The summed E-state index contributed by atoms with van der Waals surface area (Å²) in [6.45, 7) is 3.91. The van der Waals surface area contributed by atoms with Crippen LogP contribution in [0.3, 0.4) is 0 Å². The smallest absolute Gasteiger partial charge is 0.316 e. The molecule has 1 heterocycles. The minimum absolute atomic E-state index is 0.172. The maximum Gasteiger partial charge on any atom is 0.316 e. The van der Waals surface area contributed by atoms with E-state index in [1.807, 2.05) is 44.2 Å². The summed E-state index contributed by atoms with van der Waals surface area (Å²) < 4.78 is 10.4. The molecule has 0 bridgehead atoms. The lowest BCUT2D eigenvalue weighted by Gasteiger charge is -2.07. The molecule has 1 aromatic heterocycles. The molecule has 0 saturated carbocycles. The third kappa shape index (κ3) is 5.96. The molecule has 0 saturated heterocycles. The molecule has 0 unspecified atom stereocenters. The largest absolute Gasteiger partial charge is 0.460 e. The third-order valence-corrected chi connectivity index (χ3v) is 5.23. The van der Waals surface area contributed by atoms with Crippen molar-refractivity contribution in [2.45, 2.75) is 26.2 Å². The number of carbonyl (C=O) groups excluding carboxylic acids is 2. The number of aromatic nitrogens is 1. The van der Waals surface area contributed by atoms with E-state index in [0.29, 0.717) is 11.3 Å². The monoisotopic (exact) mass is 410 g/mol. The molecule has 29 heavy (non-hydrogen) atoms. The minimum atomic E-state index is -0.285. The fourth-order valence-electron chi connectivity index (χ4n) is 2.63. The summed E-state index contributed by atoms with van der Waals surface area (Å²) in [6, 6.07) is 16.3. The number of benzene rings is 2. The number of thioether (sulfide) groups is 1. The number of rotatable bonds is 8. The predicted octanol–water partition coefficient (Wildman–Crippen LogP) is 4.52. The van der Waals surface area contributed by atoms with Crippen LogP contribution in [0.5, 0.6) is 0 Å². The van der Waals surface area contributed by atoms with Crippen molar-refractivity contribution in [2.24, 2.45) is 0 Å². The van der Waals surface area contributed by atoms with Gasteiger partial charge in [0.1, 0.15) is 12.4 Å². The van der Waals surface area contributed by atoms with E-state index >= 15 is 0 Å². The zero-order valence-corrected chi connectivity index (χ0v) is 17.1. The molecule has 0 aliphatic carbocycles. The van der Waals surface area contributed by atoms with E-state index in [1.54, 1.807) is 24.3 Å². The first-order valence-electron chi connectivity index (χ1n) is 9.13. The Morgan fingerprint density at radius 1 is 1.07 bits per heavy atom. The molecule has 0 spiro atoms. The zero-order valence-electron chi connectivity index (χ0n) is 16.3. The SMILES string of the molecule is Cc1noc(C)c1CSCC(=O)OCc1ccc(C(=O)Nc2ccccc2)cc1. The van der Waals surface area contributed by atoms with E-state index < -0.39 is 0 Å². The van der Waals surface area contributed by atoms with Crippen molar-refractivity contribution in [3.05, 3.63) is 82.7 Å². The van der Waals surface area contributed by atoms with E-state index in [-0.39, 0.29) is 24.2 Å². The normalized spacial score (nSPS) is 10.6. The molecular weight excluding hydrogens is 388 g/mol. The third-order valence-electron chi connectivity index (χ3n) is 4.30. The van der Waals surface area contributed by atoms with Crippen LogP contribution in [0.1, 0.15) is 32.9 Å². The minimum Gasteiger partial charge on any atom is -0.460 e. The van der Waals surface area contributed by atoms with Gasteiger partial charge < -0.3 is 14.6 Å². The number of hydrogen-bond acceptors (Lipinski definition) is 6. The Labute approximate surface area is 173 Å². The number of nitrogens with zero attached hydrogens (tertiary/aromatic N) is 1. The van der Waals surface area contributed by atoms with Crippen LogP contribution in [-0.4, -0.2) is 22.8 Å². The second-order valence-corrected chi connectivity index (χ2v) is 7.46. The van der Waals surface area contributed by atoms with Gasteiger partial charge >= 0.3 is 5.97 Å². The highest BCUT2D eigenvalue weighted by Crippen LogP contribution is 2.19. The van der Waals surface area contributed by atoms with Crippen LogP contribution in [0.4, 0.5) is 5.69 Å². The Balaban J connectivity index is 1.42. The molecular formula is C22H22N2O4S. The van der Waals surface area contributed by atoms with Crippen LogP contribution in [-0.2, 0) is 21.9 Å². The van der Waals surface area contributed by atoms with Crippen molar-refractivity contribution in [1.29, 1.82) is 0 Å². The van der Waals surface area contributed by atoms with E-state index in [2.05, 4.69) is 10.5 Å². The Morgan fingerprint density at radius 2 is 1.79 bits per heavy atom. The maximum atomic E-state index is 12.2.